The fourth-order valence-corrected chi connectivity index (χ4v) is 5.86. The molecule has 2 aliphatic rings. The molecule has 2 aliphatic heterocycles. The monoisotopic (exact) mass is 490 g/mol. The van der Waals surface area contributed by atoms with Crippen LogP contribution in [0.1, 0.15) is 13.8 Å². The van der Waals surface area contributed by atoms with Gasteiger partial charge in [0.1, 0.15) is 17.2 Å². The topological polar surface area (TPSA) is 84.9 Å². The molecular formula is C17H19IN2O5S. The van der Waals surface area contributed by atoms with E-state index in [2.05, 4.69) is 27.9 Å². The second-order valence-corrected chi connectivity index (χ2v) is 9.83. The van der Waals surface area contributed by atoms with Crippen molar-refractivity contribution in [3.8, 4) is 5.75 Å². The molecule has 1 N–H and O–H groups in total. The molecular weight excluding hydrogens is 471 g/mol. The third kappa shape index (κ3) is 3.26. The van der Waals surface area contributed by atoms with Gasteiger partial charge < -0.3 is 19.7 Å². The molecule has 5 atom stereocenters. The van der Waals surface area contributed by atoms with Crippen LogP contribution in [0.2, 0.25) is 0 Å². The number of esters is 1. The first-order valence-corrected chi connectivity index (χ1v) is 10.0. The van der Waals surface area contributed by atoms with E-state index in [1.165, 1.54) is 30.7 Å². The average Bonchev–Trinajstić information content (AvgIpc) is 2.61. The summed E-state index contributed by atoms with van der Waals surface area (Å²) in [6.45, 7) is 3.26. The number of nitrogens with one attached hydrogen (secondary N) is 1. The molecule has 3 rings (SSSR count). The lowest BCUT2D eigenvalue weighted by Gasteiger charge is -2.58. The Bertz CT molecular complexity index is 729. The maximum absolute atomic E-state index is 12.7. The minimum Gasteiger partial charge on any atom is -0.477 e. The molecule has 2 heterocycles. The fourth-order valence-electron chi connectivity index (χ4n) is 3.13. The van der Waals surface area contributed by atoms with Crippen molar-refractivity contribution in [1.82, 2.24) is 10.2 Å². The Kier molecular flexibility index (Phi) is 5.38. The van der Waals surface area contributed by atoms with Crippen LogP contribution in [-0.4, -0.2) is 56.1 Å². The molecule has 4 unspecified atom stereocenters. The number of halogens is 1. The van der Waals surface area contributed by atoms with Crippen LogP contribution in [-0.2, 0) is 19.1 Å². The van der Waals surface area contributed by atoms with Crippen LogP contribution >= 0.6 is 34.4 Å². The van der Waals surface area contributed by atoms with Gasteiger partial charge in [0.2, 0.25) is 12.0 Å². The summed E-state index contributed by atoms with van der Waals surface area (Å²) in [7, 11) is 1.29. The summed E-state index contributed by atoms with van der Waals surface area (Å²) in [5.41, 5.74) is 0. The number of alkyl halides is 1. The molecule has 140 valence electrons. The number of β-lactam (4-membered cyclic amide) rings is 1. The molecule has 2 fully saturated rings. The van der Waals surface area contributed by atoms with Gasteiger partial charge in [0.05, 0.1) is 15.9 Å². The molecule has 0 aromatic heterocycles. The highest BCUT2D eigenvalue weighted by molar-refractivity contribution is 14.1. The predicted molar refractivity (Wildman–Crippen MR) is 105 cm³/mol. The first-order chi connectivity index (χ1) is 12.3. The quantitative estimate of drug-likeness (QED) is 0.299. The number of thioether (sulfide) groups is 1. The minimum atomic E-state index is -0.806. The van der Waals surface area contributed by atoms with Gasteiger partial charge >= 0.3 is 5.97 Å². The van der Waals surface area contributed by atoms with E-state index in [-0.39, 0.29) is 22.6 Å². The van der Waals surface area contributed by atoms with Gasteiger partial charge in [0.15, 0.2) is 0 Å². The fraction of sp³-hybridized carbons (Fsp3) is 0.471. The molecule has 9 heteroatoms. The lowest BCUT2D eigenvalue weighted by atomic mass is 9.94. The Morgan fingerprint density at radius 2 is 1.96 bits per heavy atom. The van der Waals surface area contributed by atoms with Crippen molar-refractivity contribution in [2.75, 3.05) is 7.11 Å². The number of amides is 2. The van der Waals surface area contributed by atoms with Crippen molar-refractivity contribution in [2.45, 2.75) is 40.2 Å². The molecule has 7 nitrogen and oxygen atoms in total. The average molecular weight is 490 g/mol. The van der Waals surface area contributed by atoms with Crippen LogP contribution in [0.25, 0.3) is 0 Å². The second kappa shape index (κ2) is 7.26. The van der Waals surface area contributed by atoms with Gasteiger partial charge in [-0.05, 0) is 19.1 Å². The summed E-state index contributed by atoms with van der Waals surface area (Å²) >= 11 is 3.53. The van der Waals surface area contributed by atoms with Gasteiger partial charge in [-0.25, -0.2) is 4.79 Å². The number of carbonyl (C=O) groups excluding carboxylic acids is 3. The summed E-state index contributed by atoms with van der Waals surface area (Å²) in [5, 5.41) is 2.12. The van der Waals surface area contributed by atoms with Gasteiger partial charge in [-0.1, -0.05) is 40.8 Å². The number of hydrogen-bond donors (Lipinski definition) is 1. The van der Waals surface area contributed by atoms with Crippen molar-refractivity contribution in [3.05, 3.63) is 30.3 Å². The number of ether oxygens (including phenoxy) is 2. The molecule has 0 aliphatic carbocycles. The van der Waals surface area contributed by atoms with Crippen LogP contribution in [0.15, 0.2) is 30.3 Å². The second-order valence-electron chi connectivity index (χ2n) is 6.28. The van der Waals surface area contributed by atoms with Crippen molar-refractivity contribution in [3.63, 3.8) is 0 Å². The first-order valence-electron chi connectivity index (χ1n) is 8.00. The molecule has 0 saturated carbocycles. The third-order valence-electron chi connectivity index (χ3n) is 4.40. The Labute approximate surface area is 169 Å². The highest BCUT2D eigenvalue weighted by Crippen LogP contribution is 2.50. The van der Waals surface area contributed by atoms with Gasteiger partial charge in [-0.2, -0.15) is 0 Å². The zero-order chi connectivity index (χ0) is 19.1. The standard InChI is InChI=1S/C17H19IN2O5S/c1-9(21)19-16-17(2,18)12(15(23)24-3)20-13(22)11(14(20)26-16)25-10-7-5-4-6-8-10/h4-8,11-12,14,16H,1-3H3,(H,19,21)/t11?,12?,14-,16?,17?/m1/s1. The summed E-state index contributed by atoms with van der Waals surface area (Å²) in [5.74, 6) is -0.381. The number of rotatable bonds is 4. The third-order valence-corrected chi connectivity index (χ3v) is 7.67. The van der Waals surface area contributed by atoms with Gasteiger partial charge in [-0.3, -0.25) is 9.59 Å². The van der Waals surface area contributed by atoms with Crippen molar-refractivity contribution >= 4 is 52.1 Å². The van der Waals surface area contributed by atoms with Crippen LogP contribution in [0, 0.1) is 0 Å². The first kappa shape index (κ1) is 19.3. The minimum absolute atomic E-state index is 0.200. The number of benzene rings is 1. The van der Waals surface area contributed by atoms with E-state index in [1.807, 2.05) is 25.1 Å². The van der Waals surface area contributed by atoms with E-state index < -0.39 is 21.5 Å². The number of hydrogen-bond acceptors (Lipinski definition) is 6. The van der Waals surface area contributed by atoms with Gasteiger partial charge in [-0.15, -0.1) is 11.8 Å². The van der Waals surface area contributed by atoms with E-state index in [0.29, 0.717) is 5.75 Å². The zero-order valence-electron chi connectivity index (χ0n) is 14.5. The van der Waals surface area contributed by atoms with Gasteiger partial charge in [0, 0.05) is 6.92 Å². The van der Waals surface area contributed by atoms with E-state index in [0.717, 1.165) is 0 Å². The van der Waals surface area contributed by atoms with E-state index >= 15 is 0 Å². The molecule has 0 spiro atoms. The molecule has 2 amide bonds. The molecule has 1 aromatic carbocycles. The van der Waals surface area contributed by atoms with Crippen molar-refractivity contribution < 1.29 is 23.9 Å². The summed E-state index contributed by atoms with van der Waals surface area (Å²) in [4.78, 5) is 38.3. The highest BCUT2D eigenvalue weighted by Gasteiger charge is 2.65. The Hall–Kier alpha value is -1.49. The van der Waals surface area contributed by atoms with Crippen LogP contribution < -0.4 is 10.1 Å². The lowest BCUT2D eigenvalue weighted by molar-refractivity contribution is -0.172. The normalized spacial score (nSPS) is 32.9. The largest absolute Gasteiger partial charge is 0.477 e. The maximum atomic E-state index is 12.7. The molecule has 1 aromatic rings. The molecule has 2 saturated heterocycles. The number of fused-ring (bicyclic) bond motifs is 1. The molecule has 0 bridgehead atoms. The Balaban J connectivity index is 1.89. The lowest BCUT2D eigenvalue weighted by Crippen LogP contribution is -2.78. The van der Waals surface area contributed by atoms with E-state index in [1.54, 1.807) is 12.1 Å². The smallest absolute Gasteiger partial charge is 0.330 e. The Morgan fingerprint density at radius 1 is 1.31 bits per heavy atom. The SMILES string of the molecule is COC(=O)C1N2C(=O)C(Oc3ccccc3)[C@H]2SC(NC(C)=O)C1(C)I. The van der Waals surface area contributed by atoms with Crippen LogP contribution in [0.3, 0.4) is 0 Å². The van der Waals surface area contributed by atoms with Crippen molar-refractivity contribution in [1.29, 1.82) is 0 Å². The summed E-state index contributed by atoms with van der Waals surface area (Å²) < 4.78 is 10.0. The predicted octanol–water partition coefficient (Wildman–Crippen LogP) is 1.55. The van der Waals surface area contributed by atoms with Gasteiger partial charge in [0.25, 0.3) is 5.91 Å². The number of para-hydroxylation sites is 1. The van der Waals surface area contributed by atoms with Crippen LogP contribution in [0.4, 0.5) is 0 Å². The van der Waals surface area contributed by atoms with E-state index in [4.69, 9.17) is 9.47 Å². The Morgan fingerprint density at radius 3 is 2.54 bits per heavy atom. The van der Waals surface area contributed by atoms with Crippen molar-refractivity contribution in [2.24, 2.45) is 0 Å². The number of carbonyl (C=O) groups is 3. The maximum Gasteiger partial charge on any atom is 0.330 e. The zero-order valence-corrected chi connectivity index (χ0v) is 17.4. The van der Waals surface area contributed by atoms with E-state index in [9.17, 15) is 14.4 Å². The van der Waals surface area contributed by atoms with Crippen LogP contribution in [0.5, 0.6) is 5.75 Å². The number of nitrogens with zero attached hydrogens (tertiary/aromatic N) is 1. The molecule has 26 heavy (non-hydrogen) atoms. The molecule has 0 radical (unpaired) electrons. The highest BCUT2D eigenvalue weighted by atomic mass is 127. The summed E-state index contributed by atoms with van der Waals surface area (Å²) in [6.07, 6.45) is -0.710. The number of methoxy groups -OCH3 is 1. The summed E-state index contributed by atoms with van der Waals surface area (Å²) in [6, 6.07) is 8.25.